The highest BCUT2D eigenvalue weighted by Gasteiger charge is 2.13. The molecule has 0 amide bonds. The van der Waals surface area contributed by atoms with E-state index in [-0.39, 0.29) is 12.4 Å². The molecule has 0 aliphatic rings. The highest BCUT2D eigenvalue weighted by Crippen LogP contribution is 2.22. The minimum Gasteiger partial charge on any atom is -0.390 e. The normalized spacial score (nSPS) is 10.7. The fourth-order valence-corrected chi connectivity index (χ4v) is 1.63. The fraction of sp³-hybridized carbons (Fsp3) is 0.273. The number of aliphatic hydroxyl groups is 1. The van der Waals surface area contributed by atoms with Gasteiger partial charge in [-0.15, -0.1) is 5.10 Å². The molecule has 2 rings (SSSR count). The van der Waals surface area contributed by atoms with Crippen molar-refractivity contribution in [3.05, 3.63) is 35.8 Å². The Bertz CT molecular complexity index is 474. The summed E-state index contributed by atoms with van der Waals surface area (Å²) in [6, 6.07) is 6.18. The number of halogens is 1. The van der Waals surface area contributed by atoms with Gasteiger partial charge in [-0.05, 0) is 19.1 Å². The molecule has 1 heterocycles. The van der Waals surface area contributed by atoms with Crippen LogP contribution in [-0.4, -0.2) is 20.1 Å². The SMILES string of the molecule is CCn1nnc(CO)c1-c1cccc(F)c1. The maximum Gasteiger partial charge on any atom is 0.123 e. The largest absolute Gasteiger partial charge is 0.390 e. The van der Waals surface area contributed by atoms with Gasteiger partial charge in [-0.1, -0.05) is 17.3 Å². The number of hydrogen-bond acceptors (Lipinski definition) is 3. The second-order valence-corrected chi connectivity index (χ2v) is 3.37. The van der Waals surface area contributed by atoms with Gasteiger partial charge in [-0.3, -0.25) is 0 Å². The predicted octanol–water partition coefficient (Wildman–Crippen LogP) is 1.60. The predicted molar refractivity (Wildman–Crippen MR) is 57.0 cm³/mol. The van der Waals surface area contributed by atoms with Crippen LogP contribution < -0.4 is 0 Å². The van der Waals surface area contributed by atoms with Crippen molar-refractivity contribution in [2.24, 2.45) is 0 Å². The van der Waals surface area contributed by atoms with E-state index < -0.39 is 0 Å². The molecule has 0 saturated carbocycles. The Morgan fingerprint density at radius 2 is 2.25 bits per heavy atom. The number of rotatable bonds is 3. The van der Waals surface area contributed by atoms with Crippen LogP contribution in [0.2, 0.25) is 0 Å². The van der Waals surface area contributed by atoms with E-state index in [4.69, 9.17) is 5.11 Å². The number of hydrogen-bond donors (Lipinski definition) is 1. The van der Waals surface area contributed by atoms with Crippen LogP contribution in [-0.2, 0) is 13.2 Å². The van der Waals surface area contributed by atoms with Crippen LogP contribution in [0.25, 0.3) is 11.3 Å². The van der Waals surface area contributed by atoms with Gasteiger partial charge in [0.15, 0.2) is 0 Å². The average molecular weight is 221 g/mol. The highest BCUT2D eigenvalue weighted by molar-refractivity contribution is 5.61. The molecule has 0 aliphatic heterocycles. The second kappa shape index (κ2) is 4.40. The lowest BCUT2D eigenvalue weighted by Crippen LogP contribution is -2.00. The quantitative estimate of drug-likeness (QED) is 0.856. The third-order valence-corrected chi connectivity index (χ3v) is 2.35. The minimum atomic E-state index is -0.315. The van der Waals surface area contributed by atoms with E-state index in [0.717, 1.165) is 0 Å². The van der Waals surface area contributed by atoms with Gasteiger partial charge in [-0.25, -0.2) is 9.07 Å². The molecule has 0 aliphatic carbocycles. The molecule has 5 heteroatoms. The summed E-state index contributed by atoms with van der Waals surface area (Å²) in [5.41, 5.74) is 1.81. The third-order valence-electron chi connectivity index (χ3n) is 2.35. The standard InChI is InChI=1S/C11H12FN3O/c1-2-15-11(10(7-16)13-14-15)8-4-3-5-9(12)6-8/h3-6,16H,2,7H2,1H3. The summed E-state index contributed by atoms with van der Waals surface area (Å²) < 4.78 is 14.8. The Labute approximate surface area is 92.3 Å². The van der Waals surface area contributed by atoms with Crippen LogP contribution in [0.1, 0.15) is 12.6 Å². The lowest BCUT2D eigenvalue weighted by Gasteiger charge is -2.05. The van der Waals surface area contributed by atoms with Crippen LogP contribution in [0.4, 0.5) is 4.39 Å². The molecule has 0 bridgehead atoms. The number of aliphatic hydroxyl groups excluding tert-OH is 1. The molecule has 1 aromatic carbocycles. The number of benzene rings is 1. The molecule has 0 unspecified atom stereocenters. The van der Waals surface area contributed by atoms with Crippen molar-refractivity contribution in [3.8, 4) is 11.3 Å². The highest BCUT2D eigenvalue weighted by atomic mass is 19.1. The van der Waals surface area contributed by atoms with Gasteiger partial charge < -0.3 is 5.11 Å². The van der Waals surface area contributed by atoms with Crippen LogP contribution in [0.5, 0.6) is 0 Å². The summed E-state index contributed by atoms with van der Waals surface area (Å²) in [5, 5.41) is 16.9. The molecule has 0 radical (unpaired) electrons. The van der Waals surface area contributed by atoms with Crippen molar-refractivity contribution < 1.29 is 9.50 Å². The van der Waals surface area contributed by atoms with Crippen LogP contribution >= 0.6 is 0 Å². The van der Waals surface area contributed by atoms with E-state index in [2.05, 4.69) is 10.3 Å². The van der Waals surface area contributed by atoms with Crippen LogP contribution in [0.3, 0.4) is 0 Å². The van der Waals surface area contributed by atoms with Crippen molar-refractivity contribution in [3.63, 3.8) is 0 Å². The Morgan fingerprint density at radius 3 is 2.88 bits per heavy atom. The van der Waals surface area contributed by atoms with E-state index in [1.807, 2.05) is 6.92 Å². The van der Waals surface area contributed by atoms with Gasteiger partial charge in [0.25, 0.3) is 0 Å². The first-order chi connectivity index (χ1) is 7.76. The molecular weight excluding hydrogens is 209 g/mol. The molecule has 0 atom stereocenters. The molecule has 0 spiro atoms. The molecule has 1 aromatic heterocycles. The lowest BCUT2D eigenvalue weighted by atomic mass is 10.1. The zero-order chi connectivity index (χ0) is 11.5. The number of aryl methyl sites for hydroxylation is 1. The summed E-state index contributed by atoms with van der Waals surface area (Å²) >= 11 is 0. The number of nitrogens with zero attached hydrogens (tertiary/aromatic N) is 3. The first-order valence-corrected chi connectivity index (χ1v) is 5.05. The van der Waals surface area contributed by atoms with Gasteiger partial charge in [0, 0.05) is 12.1 Å². The minimum absolute atomic E-state index is 0.203. The maximum atomic E-state index is 13.1. The Hall–Kier alpha value is -1.75. The molecule has 2 aromatic rings. The first-order valence-electron chi connectivity index (χ1n) is 5.05. The van der Waals surface area contributed by atoms with Gasteiger partial charge in [-0.2, -0.15) is 0 Å². The van der Waals surface area contributed by atoms with E-state index in [1.165, 1.54) is 12.1 Å². The molecule has 0 fully saturated rings. The summed E-state index contributed by atoms with van der Waals surface area (Å²) in [6.45, 7) is 2.34. The van der Waals surface area contributed by atoms with Gasteiger partial charge >= 0.3 is 0 Å². The zero-order valence-corrected chi connectivity index (χ0v) is 8.89. The van der Waals surface area contributed by atoms with Crippen LogP contribution in [0.15, 0.2) is 24.3 Å². The molecule has 84 valence electrons. The summed E-state index contributed by atoms with van der Waals surface area (Å²) in [6.07, 6.45) is 0. The molecular formula is C11H12FN3O. The van der Waals surface area contributed by atoms with Crippen LogP contribution in [0, 0.1) is 5.82 Å². The summed E-state index contributed by atoms with van der Waals surface area (Å²) in [5.74, 6) is -0.315. The smallest absolute Gasteiger partial charge is 0.123 e. The maximum absolute atomic E-state index is 13.1. The Balaban J connectivity index is 2.57. The van der Waals surface area contributed by atoms with E-state index in [1.54, 1.807) is 16.8 Å². The van der Waals surface area contributed by atoms with Crippen molar-refractivity contribution in [2.45, 2.75) is 20.1 Å². The molecule has 0 saturated heterocycles. The van der Waals surface area contributed by atoms with Crippen molar-refractivity contribution in [1.82, 2.24) is 15.0 Å². The lowest BCUT2D eigenvalue weighted by molar-refractivity contribution is 0.277. The van der Waals surface area contributed by atoms with E-state index in [0.29, 0.717) is 23.5 Å². The van der Waals surface area contributed by atoms with E-state index in [9.17, 15) is 4.39 Å². The summed E-state index contributed by atoms with van der Waals surface area (Å²) in [4.78, 5) is 0. The monoisotopic (exact) mass is 221 g/mol. The van der Waals surface area contributed by atoms with Gasteiger partial charge in [0.1, 0.15) is 11.5 Å². The third kappa shape index (κ3) is 1.81. The topological polar surface area (TPSA) is 50.9 Å². The van der Waals surface area contributed by atoms with Gasteiger partial charge in [0.2, 0.25) is 0 Å². The second-order valence-electron chi connectivity index (χ2n) is 3.37. The average Bonchev–Trinajstić information content (AvgIpc) is 2.71. The fourth-order valence-electron chi connectivity index (χ4n) is 1.63. The van der Waals surface area contributed by atoms with Crippen molar-refractivity contribution in [2.75, 3.05) is 0 Å². The van der Waals surface area contributed by atoms with E-state index >= 15 is 0 Å². The molecule has 4 nitrogen and oxygen atoms in total. The zero-order valence-electron chi connectivity index (χ0n) is 8.89. The number of aromatic nitrogens is 3. The molecule has 1 N–H and O–H groups in total. The van der Waals surface area contributed by atoms with Crippen molar-refractivity contribution >= 4 is 0 Å². The Kier molecular flexibility index (Phi) is 2.96. The van der Waals surface area contributed by atoms with Gasteiger partial charge in [0.05, 0.1) is 12.3 Å². The first kappa shape index (κ1) is 10.8. The summed E-state index contributed by atoms with van der Waals surface area (Å²) in [7, 11) is 0. The molecule has 16 heavy (non-hydrogen) atoms. The Morgan fingerprint density at radius 1 is 1.44 bits per heavy atom. The van der Waals surface area contributed by atoms with Crippen molar-refractivity contribution in [1.29, 1.82) is 0 Å².